The molecule has 0 aliphatic carbocycles. The number of anilines is 1. The van der Waals surface area contributed by atoms with Crippen molar-refractivity contribution in [2.24, 2.45) is 0 Å². The first-order valence-electron chi connectivity index (χ1n) is 6.90. The van der Waals surface area contributed by atoms with Gasteiger partial charge in [0.05, 0.1) is 6.61 Å². The van der Waals surface area contributed by atoms with E-state index in [1.807, 2.05) is 12.1 Å². The van der Waals surface area contributed by atoms with Gasteiger partial charge in [-0.3, -0.25) is 4.90 Å². The molecule has 7 heteroatoms. The molecule has 1 aliphatic heterocycles. The van der Waals surface area contributed by atoms with Crippen molar-refractivity contribution < 1.29 is 9.26 Å². The highest BCUT2D eigenvalue weighted by Crippen LogP contribution is 2.27. The average Bonchev–Trinajstić information content (AvgIpc) is 3.00. The van der Waals surface area contributed by atoms with Crippen molar-refractivity contribution in [2.75, 3.05) is 32.0 Å². The van der Waals surface area contributed by atoms with Gasteiger partial charge in [-0.25, -0.2) is 0 Å². The quantitative estimate of drug-likeness (QED) is 0.855. The fourth-order valence-electron chi connectivity index (χ4n) is 2.31. The van der Waals surface area contributed by atoms with E-state index in [0.29, 0.717) is 24.0 Å². The summed E-state index contributed by atoms with van der Waals surface area (Å²) in [4.78, 5) is 6.75. The van der Waals surface area contributed by atoms with Crippen molar-refractivity contribution >= 4 is 21.6 Å². The van der Waals surface area contributed by atoms with Crippen LogP contribution in [0, 0.1) is 0 Å². The number of rotatable bonds is 3. The molecule has 1 aromatic heterocycles. The molecule has 2 heterocycles. The largest absolute Gasteiger partial charge is 0.398 e. The van der Waals surface area contributed by atoms with Gasteiger partial charge < -0.3 is 15.0 Å². The summed E-state index contributed by atoms with van der Waals surface area (Å²) in [5.41, 5.74) is 7.32. The highest BCUT2D eigenvalue weighted by atomic mass is 79.9. The van der Waals surface area contributed by atoms with Gasteiger partial charge in [-0.05, 0) is 40.7 Å². The van der Waals surface area contributed by atoms with Gasteiger partial charge >= 0.3 is 0 Å². The van der Waals surface area contributed by atoms with Crippen molar-refractivity contribution in [3.63, 3.8) is 0 Å². The third kappa shape index (κ3) is 3.09. The van der Waals surface area contributed by atoms with Crippen LogP contribution < -0.4 is 5.73 Å². The Labute approximate surface area is 131 Å². The van der Waals surface area contributed by atoms with Gasteiger partial charge in [-0.15, -0.1) is 0 Å². The first-order chi connectivity index (χ1) is 10.2. The zero-order valence-corrected chi connectivity index (χ0v) is 13.3. The fourth-order valence-corrected chi connectivity index (χ4v) is 2.55. The number of likely N-dealkylation sites (N-methyl/N-ethyl adjacent to an activating group) is 1. The number of benzene rings is 1. The highest BCUT2D eigenvalue weighted by Gasteiger charge is 2.25. The molecule has 1 aliphatic rings. The third-order valence-corrected chi connectivity index (χ3v) is 4.29. The van der Waals surface area contributed by atoms with Crippen LogP contribution in [0.4, 0.5) is 5.69 Å². The maximum absolute atomic E-state index is 5.88. The number of ether oxygens (including phenoxy) is 1. The Kier molecular flexibility index (Phi) is 4.23. The first-order valence-corrected chi connectivity index (χ1v) is 7.69. The second-order valence-corrected chi connectivity index (χ2v) is 5.80. The number of nitrogen functional groups attached to an aromatic ring is 1. The second kappa shape index (κ2) is 6.13. The van der Waals surface area contributed by atoms with E-state index in [0.717, 1.165) is 29.7 Å². The van der Waals surface area contributed by atoms with Crippen LogP contribution in [0.1, 0.15) is 18.9 Å². The normalized spacial score (nSPS) is 19.8. The molecule has 112 valence electrons. The summed E-state index contributed by atoms with van der Waals surface area (Å²) in [6.07, 6.45) is -0.135. The zero-order chi connectivity index (χ0) is 14.8. The topological polar surface area (TPSA) is 77.4 Å². The minimum absolute atomic E-state index is 0.135. The number of hydrogen-bond donors (Lipinski definition) is 1. The molecule has 1 saturated heterocycles. The van der Waals surface area contributed by atoms with Crippen LogP contribution in [0.25, 0.3) is 11.5 Å². The molecular formula is C14H17BrN4O2. The Balaban J connectivity index is 1.81. The number of hydrogen-bond acceptors (Lipinski definition) is 6. The van der Waals surface area contributed by atoms with E-state index in [1.165, 1.54) is 0 Å². The first kappa shape index (κ1) is 14.5. The smallest absolute Gasteiger partial charge is 0.258 e. The van der Waals surface area contributed by atoms with E-state index in [9.17, 15) is 0 Å². The zero-order valence-electron chi connectivity index (χ0n) is 11.8. The van der Waals surface area contributed by atoms with Crippen LogP contribution in [0.5, 0.6) is 0 Å². The summed E-state index contributed by atoms with van der Waals surface area (Å²) in [5, 5.41) is 4.05. The molecule has 21 heavy (non-hydrogen) atoms. The summed E-state index contributed by atoms with van der Waals surface area (Å²) in [6, 6.07) is 5.56. The lowest BCUT2D eigenvalue weighted by Gasteiger charge is -2.30. The summed E-state index contributed by atoms with van der Waals surface area (Å²) < 4.78 is 11.9. The van der Waals surface area contributed by atoms with Crippen molar-refractivity contribution in [1.82, 2.24) is 15.0 Å². The molecule has 1 aromatic carbocycles. The monoisotopic (exact) mass is 352 g/mol. The molecule has 1 unspecified atom stereocenters. The van der Waals surface area contributed by atoms with Crippen molar-refractivity contribution in [2.45, 2.75) is 13.0 Å². The molecule has 3 rings (SSSR count). The van der Waals surface area contributed by atoms with Crippen molar-refractivity contribution in [3.05, 3.63) is 28.5 Å². The van der Waals surface area contributed by atoms with Gasteiger partial charge in [0.1, 0.15) is 6.10 Å². The summed E-state index contributed by atoms with van der Waals surface area (Å²) in [6.45, 7) is 5.55. The van der Waals surface area contributed by atoms with Gasteiger partial charge in [0.15, 0.2) is 0 Å². The number of nitrogens with zero attached hydrogens (tertiary/aromatic N) is 3. The van der Waals surface area contributed by atoms with Gasteiger partial charge in [0, 0.05) is 28.8 Å². The van der Waals surface area contributed by atoms with Crippen LogP contribution in [0.3, 0.4) is 0 Å². The van der Waals surface area contributed by atoms with Gasteiger partial charge in [0.25, 0.3) is 5.89 Å². The second-order valence-electron chi connectivity index (χ2n) is 4.95. The number of aromatic nitrogens is 2. The van der Waals surface area contributed by atoms with E-state index < -0.39 is 0 Å². The molecule has 0 saturated carbocycles. The summed E-state index contributed by atoms with van der Waals surface area (Å²) in [5.74, 6) is 1.05. The average molecular weight is 353 g/mol. The maximum atomic E-state index is 5.88. The van der Waals surface area contributed by atoms with Crippen LogP contribution in [-0.4, -0.2) is 41.3 Å². The molecule has 1 fully saturated rings. The Morgan fingerprint density at radius 2 is 2.33 bits per heavy atom. The van der Waals surface area contributed by atoms with E-state index in [2.05, 4.69) is 37.9 Å². The molecule has 0 bridgehead atoms. The fraction of sp³-hybridized carbons (Fsp3) is 0.429. The lowest BCUT2D eigenvalue weighted by atomic mass is 10.2. The van der Waals surface area contributed by atoms with Gasteiger partial charge in [0.2, 0.25) is 5.82 Å². The van der Waals surface area contributed by atoms with E-state index in [4.69, 9.17) is 15.0 Å². The van der Waals surface area contributed by atoms with Crippen LogP contribution in [-0.2, 0) is 4.74 Å². The molecule has 0 radical (unpaired) electrons. The van der Waals surface area contributed by atoms with E-state index in [-0.39, 0.29) is 6.10 Å². The Bertz CT molecular complexity index is 631. The third-order valence-electron chi connectivity index (χ3n) is 3.57. The molecule has 2 aromatic rings. The Morgan fingerprint density at radius 3 is 3.10 bits per heavy atom. The molecule has 0 amide bonds. The predicted octanol–water partition coefficient (Wildman–Crippen LogP) is 2.47. The number of morpholine rings is 1. The van der Waals surface area contributed by atoms with Crippen molar-refractivity contribution in [1.29, 1.82) is 0 Å². The summed E-state index contributed by atoms with van der Waals surface area (Å²) in [7, 11) is 0. The lowest BCUT2D eigenvalue weighted by Crippen LogP contribution is -2.38. The molecule has 0 spiro atoms. The van der Waals surface area contributed by atoms with Crippen LogP contribution in [0.15, 0.2) is 27.2 Å². The molecule has 2 N–H and O–H groups in total. The number of nitrogens with two attached hydrogens (primary N) is 1. The predicted molar refractivity (Wildman–Crippen MR) is 82.7 cm³/mol. The van der Waals surface area contributed by atoms with E-state index in [1.54, 1.807) is 6.07 Å². The minimum Gasteiger partial charge on any atom is -0.398 e. The lowest BCUT2D eigenvalue weighted by molar-refractivity contribution is -0.0334. The molecule has 1 atom stereocenters. The minimum atomic E-state index is -0.135. The standard InChI is InChI=1S/C14H17BrN4O2/c1-2-19-5-6-20-12(8-19)13-17-14(21-18-13)9-3-4-10(15)11(16)7-9/h3-4,7,12H,2,5-6,8,16H2,1H3. The molecule has 6 nitrogen and oxygen atoms in total. The SMILES string of the molecule is CCN1CCOC(c2noc(-c3ccc(Br)c(N)c3)n2)C1. The van der Waals surface area contributed by atoms with Gasteiger partial charge in [-0.1, -0.05) is 12.1 Å². The summed E-state index contributed by atoms with van der Waals surface area (Å²) >= 11 is 3.37. The maximum Gasteiger partial charge on any atom is 0.258 e. The van der Waals surface area contributed by atoms with Gasteiger partial charge in [-0.2, -0.15) is 4.98 Å². The Hall–Kier alpha value is -1.44. The van der Waals surface area contributed by atoms with Crippen LogP contribution in [0.2, 0.25) is 0 Å². The Morgan fingerprint density at radius 1 is 1.48 bits per heavy atom. The number of halogens is 1. The highest BCUT2D eigenvalue weighted by molar-refractivity contribution is 9.10. The van der Waals surface area contributed by atoms with E-state index >= 15 is 0 Å². The van der Waals surface area contributed by atoms with Crippen LogP contribution >= 0.6 is 15.9 Å². The molecular weight excluding hydrogens is 336 g/mol. The van der Waals surface area contributed by atoms with Crippen molar-refractivity contribution in [3.8, 4) is 11.5 Å².